The van der Waals surface area contributed by atoms with Gasteiger partial charge in [0.2, 0.25) is 6.10 Å². The van der Waals surface area contributed by atoms with Gasteiger partial charge in [-0.25, -0.2) is 4.98 Å². The second-order valence-electron chi connectivity index (χ2n) is 7.55. The van der Waals surface area contributed by atoms with Crippen LogP contribution in [0.25, 0.3) is 10.2 Å². The van der Waals surface area contributed by atoms with E-state index in [1.165, 1.54) is 11.3 Å². The van der Waals surface area contributed by atoms with Crippen LogP contribution < -0.4 is 19.1 Å². The van der Waals surface area contributed by atoms with Crippen molar-refractivity contribution < 1.29 is 19.0 Å². The lowest BCUT2D eigenvalue weighted by atomic mass is 10.1. The number of benzene rings is 3. The Morgan fingerprint density at radius 2 is 1.75 bits per heavy atom. The van der Waals surface area contributed by atoms with E-state index >= 15 is 0 Å². The summed E-state index contributed by atoms with van der Waals surface area (Å²) in [5.41, 5.74) is 1.82. The first kappa shape index (κ1) is 20.3. The first-order valence-electron chi connectivity index (χ1n) is 10.3. The van der Waals surface area contributed by atoms with Gasteiger partial charge in [-0.2, -0.15) is 0 Å². The van der Waals surface area contributed by atoms with Gasteiger partial charge in [0.05, 0.1) is 23.9 Å². The lowest BCUT2D eigenvalue weighted by Crippen LogP contribution is -2.50. The van der Waals surface area contributed by atoms with Crippen LogP contribution in [0.15, 0.2) is 72.8 Å². The van der Waals surface area contributed by atoms with Crippen LogP contribution in [0.2, 0.25) is 0 Å². The van der Waals surface area contributed by atoms with Crippen LogP contribution in [-0.4, -0.2) is 30.2 Å². The zero-order chi connectivity index (χ0) is 22.1. The summed E-state index contributed by atoms with van der Waals surface area (Å²) in [6.07, 6.45) is -1.22. The van der Waals surface area contributed by atoms with Gasteiger partial charge in [0, 0.05) is 0 Å². The molecular formula is C25H22N2O4S. The standard InChI is InChI=1S/C25H22N2O4S/c1-16-23(31-21-11-7-6-10-20(21)30-16)24(28)27(15-17-8-4-3-5-9-17)25-26-19-13-12-18(29-2)14-22(19)32-25/h3-14,16,23H,15H2,1-2H3. The van der Waals surface area contributed by atoms with Crippen molar-refractivity contribution in [3.05, 3.63) is 78.4 Å². The van der Waals surface area contributed by atoms with E-state index in [-0.39, 0.29) is 5.91 Å². The summed E-state index contributed by atoms with van der Waals surface area (Å²) >= 11 is 1.45. The lowest BCUT2D eigenvalue weighted by Gasteiger charge is -2.33. The molecule has 32 heavy (non-hydrogen) atoms. The monoisotopic (exact) mass is 446 g/mol. The molecule has 2 unspecified atom stereocenters. The quantitative estimate of drug-likeness (QED) is 0.429. The second-order valence-corrected chi connectivity index (χ2v) is 8.56. The Balaban J connectivity index is 1.52. The smallest absolute Gasteiger partial charge is 0.274 e. The van der Waals surface area contributed by atoms with Gasteiger partial charge < -0.3 is 14.2 Å². The highest BCUT2D eigenvalue weighted by Crippen LogP contribution is 2.36. The number of rotatable bonds is 5. The number of amides is 1. The third kappa shape index (κ3) is 3.87. The molecule has 162 valence electrons. The molecule has 0 bridgehead atoms. The molecule has 0 N–H and O–H groups in total. The van der Waals surface area contributed by atoms with E-state index < -0.39 is 12.2 Å². The Morgan fingerprint density at radius 1 is 1.03 bits per heavy atom. The van der Waals surface area contributed by atoms with E-state index in [0.717, 1.165) is 21.5 Å². The molecule has 3 aromatic carbocycles. The summed E-state index contributed by atoms with van der Waals surface area (Å²) < 4.78 is 18.4. The average molecular weight is 447 g/mol. The predicted octanol–water partition coefficient (Wildman–Crippen LogP) is 5.07. The van der Waals surface area contributed by atoms with Crippen molar-refractivity contribution in [2.24, 2.45) is 0 Å². The van der Waals surface area contributed by atoms with Crippen LogP contribution in [0.3, 0.4) is 0 Å². The molecule has 2 heterocycles. The van der Waals surface area contributed by atoms with Gasteiger partial charge in [-0.05, 0) is 42.8 Å². The molecule has 0 radical (unpaired) electrons. The normalized spacial score (nSPS) is 17.2. The van der Waals surface area contributed by atoms with Crippen LogP contribution in [0.4, 0.5) is 5.13 Å². The number of ether oxygens (including phenoxy) is 3. The van der Waals surface area contributed by atoms with Crippen LogP contribution in [-0.2, 0) is 11.3 Å². The van der Waals surface area contributed by atoms with Crippen molar-refractivity contribution in [2.75, 3.05) is 12.0 Å². The van der Waals surface area contributed by atoms with Gasteiger partial charge in [0.25, 0.3) is 5.91 Å². The number of fused-ring (bicyclic) bond motifs is 2. The number of para-hydroxylation sites is 2. The molecule has 0 aliphatic carbocycles. The van der Waals surface area contributed by atoms with Crippen molar-refractivity contribution in [1.82, 2.24) is 4.98 Å². The largest absolute Gasteiger partial charge is 0.497 e. The van der Waals surface area contributed by atoms with E-state index in [4.69, 9.17) is 19.2 Å². The zero-order valence-electron chi connectivity index (χ0n) is 17.7. The summed E-state index contributed by atoms with van der Waals surface area (Å²) in [6, 6.07) is 23.0. The third-order valence-electron chi connectivity index (χ3n) is 5.35. The van der Waals surface area contributed by atoms with E-state index in [2.05, 4.69) is 0 Å². The molecule has 7 heteroatoms. The fourth-order valence-corrected chi connectivity index (χ4v) is 4.68. The van der Waals surface area contributed by atoms with Crippen LogP contribution in [0, 0.1) is 0 Å². The summed E-state index contributed by atoms with van der Waals surface area (Å²) in [7, 11) is 1.63. The minimum atomic E-state index is -0.782. The van der Waals surface area contributed by atoms with E-state index in [1.54, 1.807) is 12.0 Å². The molecule has 1 aliphatic heterocycles. The SMILES string of the molecule is COc1ccc2nc(N(Cc3ccccc3)C(=O)C3Oc4ccccc4OC3C)sc2c1. The highest BCUT2D eigenvalue weighted by atomic mass is 32.1. The van der Waals surface area contributed by atoms with Crippen LogP contribution in [0.1, 0.15) is 12.5 Å². The number of aromatic nitrogens is 1. The minimum Gasteiger partial charge on any atom is -0.497 e. The maximum Gasteiger partial charge on any atom is 0.274 e. The topological polar surface area (TPSA) is 60.9 Å². The molecule has 6 nitrogen and oxygen atoms in total. The van der Waals surface area contributed by atoms with Crippen molar-refractivity contribution >= 4 is 32.6 Å². The maximum absolute atomic E-state index is 13.8. The zero-order valence-corrected chi connectivity index (χ0v) is 18.5. The number of nitrogens with zero attached hydrogens (tertiary/aromatic N) is 2. The number of hydrogen-bond acceptors (Lipinski definition) is 6. The number of thiazole rings is 1. The first-order valence-corrected chi connectivity index (χ1v) is 11.2. The molecule has 0 spiro atoms. The molecule has 1 aromatic heterocycles. The molecule has 0 fully saturated rings. The van der Waals surface area contributed by atoms with Crippen molar-refractivity contribution in [2.45, 2.75) is 25.7 Å². The predicted molar refractivity (Wildman–Crippen MR) is 125 cm³/mol. The minimum absolute atomic E-state index is 0.193. The number of carbonyl (C=O) groups excluding carboxylic acids is 1. The Labute approximate surface area is 190 Å². The number of hydrogen-bond donors (Lipinski definition) is 0. The number of anilines is 1. The summed E-state index contributed by atoms with van der Waals surface area (Å²) in [6.45, 7) is 2.23. The number of methoxy groups -OCH3 is 1. The van der Waals surface area contributed by atoms with Crippen molar-refractivity contribution in [1.29, 1.82) is 0 Å². The fourth-order valence-electron chi connectivity index (χ4n) is 3.69. The van der Waals surface area contributed by atoms with E-state index in [1.807, 2.05) is 79.7 Å². The van der Waals surface area contributed by atoms with Gasteiger partial charge in [0.15, 0.2) is 16.6 Å². The van der Waals surface area contributed by atoms with Gasteiger partial charge in [-0.1, -0.05) is 53.8 Å². The molecule has 0 saturated heterocycles. The van der Waals surface area contributed by atoms with Crippen LogP contribution >= 0.6 is 11.3 Å². The number of carbonyl (C=O) groups is 1. The molecule has 4 aromatic rings. The van der Waals surface area contributed by atoms with E-state index in [0.29, 0.717) is 23.2 Å². The third-order valence-corrected chi connectivity index (χ3v) is 6.39. The molecule has 1 amide bonds. The Bertz CT molecular complexity index is 1260. The summed E-state index contributed by atoms with van der Waals surface area (Å²) in [5, 5.41) is 0.608. The highest BCUT2D eigenvalue weighted by Gasteiger charge is 2.38. The summed E-state index contributed by atoms with van der Waals surface area (Å²) in [5.74, 6) is 1.77. The fraction of sp³-hybridized carbons (Fsp3) is 0.200. The summed E-state index contributed by atoms with van der Waals surface area (Å²) in [4.78, 5) is 20.2. The average Bonchev–Trinajstić information content (AvgIpc) is 3.25. The van der Waals surface area contributed by atoms with Crippen molar-refractivity contribution in [3.8, 4) is 17.2 Å². The Hall–Kier alpha value is -3.58. The van der Waals surface area contributed by atoms with Gasteiger partial charge >= 0.3 is 0 Å². The highest BCUT2D eigenvalue weighted by molar-refractivity contribution is 7.22. The Morgan fingerprint density at radius 3 is 2.50 bits per heavy atom. The van der Waals surface area contributed by atoms with Gasteiger partial charge in [0.1, 0.15) is 11.9 Å². The lowest BCUT2D eigenvalue weighted by molar-refractivity contribution is -0.130. The van der Waals surface area contributed by atoms with Crippen LogP contribution in [0.5, 0.6) is 17.2 Å². The maximum atomic E-state index is 13.8. The molecule has 0 saturated carbocycles. The Kier molecular flexibility index (Phi) is 5.41. The molecule has 5 rings (SSSR count). The first-order chi connectivity index (χ1) is 15.6. The van der Waals surface area contributed by atoms with Gasteiger partial charge in [-0.3, -0.25) is 9.69 Å². The molecule has 1 aliphatic rings. The second kappa shape index (κ2) is 8.51. The molecular weight excluding hydrogens is 424 g/mol. The van der Waals surface area contributed by atoms with Gasteiger partial charge in [-0.15, -0.1) is 0 Å². The van der Waals surface area contributed by atoms with E-state index in [9.17, 15) is 4.79 Å². The van der Waals surface area contributed by atoms with Crippen molar-refractivity contribution in [3.63, 3.8) is 0 Å². The molecule has 2 atom stereocenters.